The third-order valence-electron chi connectivity index (χ3n) is 4.96. The van der Waals surface area contributed by atoms with Crippen LogP contribution in [-0.2, 0) is 19.1 Å². The van der Waals surface area contributed by atoms with Gasteiger partial charge in [-0.2, -0.15) is 0 Å². The molecule has 2 heterocycles. The quantitative estimate of drug-likeness (QED) is 0.770. The molecule has 1 unspecified atom stereocenters. The third kappa shape index (κ3) is 3.63. The lowest BCUT2D eigenvalue weighted by atomic mass is 9.95. The highest BCUT2D eigenvalue weighted by Crippen LogP contribution is 2.32. The summed E-state index contributed by atoms with van der Waals surface area (Å²) in [6.07, 6.45) is 1.40. The summed E-state index contributed by atoms with van der Waals surface area (Å²) in [6.45, 7) is 1.39. The van der Waals surface area contributed by atoms with Crippen molar-refractivity contribution in [3.05, 3.63) is 29.3 Å². The molecule has 134 valence electrons. The van der Waals surface area contributed by atoms with Crippen LogP contribution in [0, 0.1) is 11.8 Å². The molecular formula is C18H21ClN2O4. The van der Waals surface area contributed by atoms with Gasteiger partial charge in [-0.05, 0) is 25.0 Å². The zero-order chi connectivity index (χ0) is 18.0. The first kappa shape index (κ1) is 17.7. The van der Waals surface area contributed by atoms with Gasteiger partial charge in [0.05, 0.1) is 29.7 Å². The zero-order valence-electron chi connectivity index (χ0n) is 14.1. The number of methoxy groups -OCH3 is 1. The maximum absolute atomic E-state index is 12.8. The first-order valence-electron chi connectivity index (χ1n) is 8.42. The molecule has 25 heavy (non-hydrogen) atoms. The number of likely N-dealkylation sites (tertiary alicyclic amines) is 1. The van der Waals surface area contributed by atoms with E-state index in [2.05, 4.69) is 0 Å². The van der Waals surface area contributed by atoms with Crippen molar-refractivity contribution in [2.45, 2.75) is 19.3 Å². The molecule has 1 aromatic rings. The van der Waals surface area contributed by atoms with Crippen LogP contribution in [-0.4, -0.2) is 49.4 Å². The van der Waals surface area contributed by atoms with Crippen molar-refractivity contribution in [1.29, 1.82) is 0 Å². The molecule has 0 saturated carbocycles. The number of nitrogens with zero attached hydrogens (tertiary/aromatic N) is 2. The fourth-order valence-electron chi connectivity index (χ4n) is 3.54. The number of ether oxygens (including phenoxy) is 1. The number of para-hydroxylation sites is 1. The summed E-state index contributed by atoms with van der Waals surface area (Å²) in [4.78, 5) is 40.0. The molecule has 3 rings (SSSR count). The van der Waals surface area contributed by atoms with Gasteiger partial charge in [0.1, 0.15) is 0 Å². The van der Waals surface area contributed by atoms with Crippen molar-refractivity contribution in [2.75, 3.05) is 31.6 Å². The van der Waals surface area contributed by atoms with Gasteiger partial charge in [0.2, 0.25) is 11.8 Å². The number of esters is 1. The number of carbonyl (C=O) groups is 3. The van der Waals surface area contributed by atoms with E-state index >= 15 is 0 Å². The Hall–Kier alpha value is -2.08. The van der Waals surface area contributed by atoms with Crippen molar-refractivity contribution in [3.8, 4) is 0 Å². The maximum atomic E-state index is 12.8. The number of rotatable bonds is 3. The second-order valence-corrected chi connectivity index (χ2v) is 6.89. The summed E-state index contributed by atoms with van der Waals surface area (Å²) in [7, 11) is 1.38. The Balaban J connectivity index is 1.62. The van der Waals surface area contributed by atoms with Crippen LogP contribution in [0.1, 0.15) is 19.3 Å². The van der Waals surface area contributed by atoms with E-state index in [-0.39, 0.29) is 36.0 Å². The van der Waals surface area contributed by atoms with E-state index in [0.717, 1.165) is 0 Å². The van der Waals surface area contributed by atoms with Gasteiger partial charge >= 0.3 is 5.97 Å². The topological polar surface area (TPSA) is 66.9 Å². The fraction of sp³-hybridized carbons (Fsp3) is 0.500. The van der Waals surface area contributed by atoms with Gasteiger partial charge in [-0.3, -0.25) is 14.4 Å². The van der Waals surface area contributed by atoms with E-state index in [1.807, 2.05) is 6.07 Å². The maximum Gasteiger partial charge on any atom is 0.308 e. The molecule has 7 heteroatoms. The molecule has 0 N–H and O–H groups in total. The summed E-state index contributed by atoms with van der Waals surface area (Å²) >= 11 is 6.17. The molecule has 1 atom stereocenters. The smallest absolute Gasteiger partial charge is 0.308 e. The molecule has 2 saturated heterocycles. The largest absolute Gasteiger partial charge is 0.469 e. The lowest BCUT2D eigenvalue weighted by Crippen LogP contribution is -2.43. The Kier molecular flexibility index (Phi) is 5.27. The number of carbonyl (C=O) groups excluding carboxylic acids is 3. The highest BCUT2D eigenvalue weighted by atomic mass is 35.5. The Morgan fingerprint density at radius 1 is 1.16 bits per heavy atom. The Morgan fingerprint density at radius 3 is 2.48 bits per heavy atom. The van der Waals surface area contributed by atoms with E-state index in [4.69, 9.17) is 16.3 Å². The van der Waals surface area contributed by atoms with E-state index < -0.39 is 0 Å². The van der Waals surface area contributed by atoms with Crippen LogP contribution >= 0.6 is 11.6 Å². The van der Waals surface area contributed by atoms with E-state index in [1.165, 1.54) is 7.11 Å². The van der Waals surface area contributed by atoms with Crippen molar-refractivity contribution in [1.82, 2.24) is 4.90 Å². The summed E-state index contributed by atoms with van der Waals surface area (Å²) < 4.78 is 4.77. The summed E-state index contributed by atoms with van der Waals surface area (Å²) in [5.74, 6) is -0.826. The van der Waals surface area contributed by atoms with Crippen LogP contribution in [0.3, 0.4) is 0 Å². The third-order valence-corrected chi connectivity index (χ3v) is 5.28. The molecule has 2 fully saturated rings. The lowest BCUT2D eigenvalue weighted by Gasteiger charge is -2.32. The van der Waals surface area contributed by atoms with E-state index in [1.54, 1.807) is 28.0 Å². The Morgan fingerprint density at radius 2 is 1.84 bits per heavy atom. The predicted molar refractivity (Wildman–Crippen MR) is 93.2 cm³/mol. The van der Waals surface area contributed by atoms with Gasteiger partial charge in [0, 0.05) is 26.1 Å². The molecule has 0 radical (unpaired) electrons. The Labute approximate surface area is 151 Å². The first-order valence-corrected chi connectivity index (χ1v) is 8.80. The van der Waals surface area contributed by atoms with Crippen molar-refractivity contribution in [3.63, 3.8) is 0 Å². The normalized spacial score (nSPS) is 21.5. The molecule has 0 aliphatic carbocycles. The minimum Gasteiger partial charge on any atom is -0.469 e. The molecule has 2 amide bonds. The van der Waals surface area contributed by atoms with Gasteiger partial charge in [0.25, 0.3) is 0 Å². The monoisotopic (exact) mass is 364 g/mol. The molecule has 2 aliphatic rings. The van der Waals surface area contributed by atoms with Crippen molar-refractivity contribution >= 4 is 35.1 Å². The van der Waals surface area contributed by atoms with Crippen LogP contribution in [0.2, 0.25) is 5.02 Å². The molecule has 0 spiro atoms. The number of anilines is 1. The molecular weight excluding hydrogens is 344 g/mol. The van der Waals surface area contributed by atoms with Gasteiger partial charge in [-0.1, -0.05) is 23.7 Å². The molecule has 0 aromatic heterocycles. The van der Waals surface area contributed by atoms with Gasteiger partial charge < -0.3 is 14.5 Å². The van der Waals surface area contributed by atoms with Gasteiger partial charge in [0.15, 0.2) is 0 Å². The minimum atomic E-state index is -0.363. The number of amides is 2. The van der Waals surface area contributed by atoms with Crippen LogP contribution in [0.4, 0.5) is 5.69 Å². The average Bonchev–Trinajstić information content (AvgIpc) is 3.02. The molecule has 2 aliphatic heterocycles. The zero-order valence-corrected chi connectivity index (χ0v) is 14.9. The molecule has 6 nitrogen and oxygen atoms in total. The van der Waals surface area contributed by atoms with Crippen LogP contribution in [0.15, 0.2) is 24.3 Å². The number of hydrogen-bond acceptors (Lipinski definition) is 4. The van der Waals surface area contributed by atoms with E-state index in [9.17, 15) is 14.4 Å². The lowest BCUT2D eigenvalue weighted by molar-refractivity contribution is -0.149. The van der Waals surface area contributed by atoms with Crippen LogP contribution in [0.5, 0.6) is 0 Å². The summed E-state index contributed by atoms with van der Waals surface area (Å²) in [5.41, 5.74) is 0.647. The number of halogens is 1. The fourth-order valence-corrected chi connectivity index (χ4v) is 3.77. The summed E-state index contributed by atoms with van der Waals surface area (Å²) in [6, 6.07) is 7.15. The van der Waals surface area contributed by atoms with Crippen LogP contribution in [0.25, 0.3) is 0 Å². The second kappa shape index (κ2) is 7.44. The van der Waals surface area contributed by atoms with Gasteiger partial charge in [-0.15, -0.1) is 0 Å². The standard InChI is InChI=1S/C18H21ClN2O4/c1-25-18(24)12-6-8-20(9-7-12)17(23)13-10-16(22)21(11-13)15-5-3-2-4-14(15)19/h2-5,12-13H,6-11H2,1H3. The number of piperidine rings is 1. The average molecular weight is 365 g/mol. The highest BCUT2D eigenvalue weighted by Gasteiger charge is 2.39. The predicted octanol–water partition coefficient (Wildman–Crippen LogP) is 2.10. The Bertz CT molecular complexity index is 685. The highest BCUT2D eigenvalue weighted by molar-refractivity contribution is 6.33. The first-order chi connectivity index (χ1) is 12.0. The number of benzene rings is 1. The SMILES string of the molecule is COC(=O)C1CCN(C(=O)C2CC(=O)N(c3ccccc3Cl)C2)CC1. The van der Waals surface area contributed by atoms with E-state index in [0.29, 0.717) is 43.2 Å². The van der Waals surface area contributed by atoms with Crippen LogP contribution < -0.4 is 4.90 Å². The summed E-state index contributed by atoms with van der Waals surface area (Å²) in [5, 5.41) is 0.503. The second-order valence-electron chi connectivity index (χ2n) is 6.48. The molecule has 0 bridgehead atoms. The minimum absolute atomic E-state index is 0.0220. The van der Waals surface area contributed by atoms with Gasteiger partial charge in [-0.25, -0.2) is 0 Å². The van der Waals surface area contributed by atoms with Crippen molar-refractivity contribution in [2.24, 2.45) is 11.8 Å². The number of hydrogen-bond donors (Lipinski definition) is 0. The van der Waals surface area contributed by atoms with Crippen molar-refractivity contribution < 1.29 is 19.1 Å². The molecule has 1 aromatic carbocycles.